The Hall–Kier alpha value is -4.22. The van der Waals surface area contributed by atoms with Gasteiger partial charge in [0, 0.05) is 10.7 Å². The summed E-state index contributed by atoms with van der Waals surface area (Å²) in [5.74, 6) is -0.850. The fraction of sp³-hybridized carbons (Fsp3) is 0.0870. The van der Waals surface area contributed by atoms with E-state index in [2.05, 4.69) is 5.32 Å². The highest BCUT2D eigenvalue weighted by atomic mass is 35.5. The van der Waals surface area contributed by atoms with E-state index in [1.54, 1.807) is 42.5 Å². The largest absolute Gasteiger partial charge is 0.493 e. The van der Waals surface area contributed by atoms with Gasteiger partial charge in [-0.05, 0) is 60.2 Å². The summed E-state index contributed by atoms with van der Waals surface area (Å²) < 4.78 is 16.1. The average molecular weight is 453 g/mol. The molecule has 0 spiro atoms. The molecule has 0 aliphatic carbocycles. The zero-order chi connectivity index (χ0) is 23.1. The second kappa shape index (κ2) is 10.2. The molecule has 1 aromatic heterocycles. The Labute approximate surface area is 188 Å². The SMILES string of the molecule is COc1cc(C=C(C#N)C(=O)Nc2ccc(Cl)cc2)ccc1OCc1ccc(C(=O)O)o1. The van der Waals surface area contributed by atoms with Gasteiger partial charge < -0.3 is 24.3 Å². The molecule has 0 saturated heterocycles. The van der Waals surface area contributed by atoms with E-state index in [-0.39, 0.29) is 17.9 Å². The van der Waals surface area contributed by atoms with Crippen molar-refractivity contribution in [2.24, 2.45) is 0 Å². The number of nitrogens with one attached hydrogen (secondary N) is 1. The van der Waals surface area contributed by atoms with E-state index in [4.69, 9.17) is 30.6 Å². The van der Waals surface area contributed by atoms with Crippen LogP contribution in [0.15, 0.2) is 64.6 Å². The number of halogens is 1. The number of amides is 1. The number of nitrogens with zero attached hydrogens (tertiary/aromatic N) is 1. The number of ether oxygens (including phenoxy) is 2. The first-order valence-electron chi connectivity index (χ1n) is 9.21. The fourth-order valence-corrected chi connectivity index (χ4v) is 2.79. The average Bonchev–Trinajstić information content (AvgIpc) is 3.27. The molecule has 1 amide bonds. The lowest BCUT2D eigenvalue weighted by molar-refractivity contribution is -0.112. The van der Waals surface area contributed by atoms with Crippen LogP contribution in [0.1, 0.15) is 21.9 Å². The Morgan fingerprint density at radius 1 is 1.16 bits per heavy atom. The summed E-state index contributed by atoms with van der Waals surface area (Å²) in [7, 11) is 1.45. The number of carbonyl (C=O) groups excluding carboxylic acids is 1. The maximum atomic E-state index is 12.4. The summed E-state index contributed by atoms with van der Waals surface area (Å²) in [6, 6.07) is 16.1. The van der Waals surface area contributed by atoms with Gasteiger partial charge in [0.05, 0.1) is 7.11 Å². The third-order valence-corrected chi connectivity index (χ3v) is 4.46. The number of carboxylic acid groups (broad SMARTS) is 1. The summed E-state index contributed by atoms with van der Waals surface area (Å²) in [5, 5.41) is 21.5. The van der Waals surface area contributed by atoms with Gasteiger partial charge in [0.2, 0.25) is 5.76 Å². The first kappa shape index (κ1) is 22.5. The van der Waals surface area contributed by atoms with Crippen LogP contribution in [-0.4, -0.2) is 24.1 Å². The van der Waals surface area contributed by atoms with Crippen LogP contribution >= 0.6 is 11.6 Å². The van der Waals surface area contributed by atoms with Crippen molar-refractivity contribution in [2.75, 3.05) is 12.4 Å². The van der Waals surface area contributed by atoms with Crippen molar-refractivity contribution in [1.82, 2.24) is 0 Å². The fourth-order valence-electron chi connectivity index (χ4n) is 2.66. The summed E-state index contributed by atoms with van der Waals surface area (Å²) >= 11 is 5.83. The number of rotatable bonds is 8. The number of hydrogen-bond acceptors (Lipinski definition) is 6. The second-order valence-electron chi connectivity index (χ2n) is 6.40. The Bertz CT molecular complexity index is 1210. The number of furan rings is 1. The minimum atomic E-state index is -1.17. The number of carboxylic acids is 1. The highest BCUT2D eigenvalue weighted by molar-refractivity contribution is 6.30. The molecule has 0 bridgehead atoms. The number of aromatic carboxylic acids is 1. The van der Waals surface area contributed by atoms with Gasteiger partial charge in [-0.2, -0.15) is 5.26 Å². The van der Waals surface area contributed by atoms with Gasteiger partial charge in [-0.15, -0.1) is 0 Å². The van der Waals surface area contributed by atoms with E-state index in [0.29, 0.717) is 33.5 Å². The lowest BCUT2D eigenvalue weighted by atomic mass is 10.1. The second-order valence-corrected chi connectivity index (χ2v) is 6.84. The van der Waals surface area contributed by atoms with Gasteiger partial charge in [0.1, 0.15) is 24.0 Å². The maximum absolute atomic E-state index is 12.4. The molecule has 0 unspecified atom stereocenters. The molecular formula is C23H17ClN2O6. The van der Waals surface area contributed by atoms with Crippen molar-refractivity contribution in [1.29, 1.82) is 5.26 Å². The quantitative estimate of drug-likeness (QED) is 0.373. The van der Waals surface area contributed by atoms with Crippen molar-refractivity contribution in [2.45, 2.75) is 6.61 Å². The molecule has 162 valence electrons. The van der Waals surface area contributed by atoms with Crippen LogP contribution < -0.4 is 14.8 Å². The predicted molar refractivity (Wildman–Crippen MR) is 117 cm³/mol. The van der Waals surface area contributed by atoms with Gasteiger partial charge in [0.25, 0.3) is 5.91 Å². The van der Waals surface area contributed by atoms with Crippen molar-refractivity contribution in [3.8, 4) is 17.6 Å². The van der Waals surface area contributed by atoms with E-state index in [9.17, 15) is 14.9 Å². The molecule has 1 heterocycles. The molecule has 0 aliphatic rings. The van der Waals surface area contributed by atoms with Gasteiger partial charge in [0.15, 0.2) is 11.5 Å². The third-order valence-electron chi connectivity index (χ3n) is 4.21. The van der Waals surface area contributed by atoms with Crippen LogP contribution in [0.3, 0.4) is 0 Å². The molecule has 9 heteroatoms. The molecule has 0 aliphatic heterocycles. The topological polar surface area (TPSA) is 122 Å². The molecule has 32 heavy (non-hydrogen) atoms. The van der Waals surface area contributed by atoms with Gasteiger partial charge in [-0.1, -0.05) is 17.7 Å². The number of nitriles is 1. The van der Waals surface area contributed by atoms with Crippen molar-refractivity contribution >= 4 is 35.2 Å². The van der Waals surface area contributed by atoms with Crippen molar-refractivity contribution in [3.63, 3.8) is 0 Å². The van der Waals surface area contributed by atoms with E-state index >= 15 is 0 Å². The maximum Gasteiger partial charge on any atom is 0.371 e. The van der Waals surface area contributed by atoms with Crippen LogP contribution in [0, 0.1) is 11.3 Å². The zero-order valence-electron chi connectivity index (χ0n) is 16.8. The highest BCUT2D eigenvalue weighted by Gasteiger charge is 2.13. The van der Waals surface area contributed by atoms with Crippen LogP contribution in [0.2, 0.25) is 5.02 Å². The van der Waals surface area contributed by atoms with Gasteiger partial charge >= 0.3 is 5.97 Å². The van der Waals surface area contributed by atoms with Gasteiger partial charge in [-0.25, -0.2) is 4.79 Å². The Morgan fingerprint density at radius 3 is 2.53 bits per heavy atom. The number of benzene rings is 2. The highest BCUT2D eigenvalue weighted by Crippen LogP contribution is 2.30. The molecule has 8 nitrogen and oxygen atoms in total. The van der Waals surface area contributed by atoms with Crippen molar-refractivity contribution in [3.05, 3.63) is 82.3 Å². The lowest BCUT2D eigenvalue weighted by Gasteiger charge is -2.10. The minimum absolute atomic E-state index is 0.00817. The predicted octanol–water partition coefficient (Wildman–Crippen LogP) is 4.76. The summed E-state index contributed by atoms with van der Waals surface area (Å²) in [5.41, 5.74) is 0.946. The number of hydrogen-bond donors (Lipinski definition) is 2. The van der Waals surface area contributed by atoms with Crippen LogP contribution in [0.25, 0.3) is 6.08 Å². The lowest BCUT2D eigenvalue weighted by Crippen LogP contribution is -2.13. The molecular weight excluding hydrogens is 436 g/mol. The molecule has 3 rings (SSSR count). The molecule has 0 saturated carbocycles. The summed E-state index contributed by atoms with van der Waals surface area (Å²) in [6.45, 7) is -0.00817. The molecule has 0 radical (unpaired) electrons. The standard InChI is InChI=1S/C23H17ClN2O6/c1-30-21-11-14(2-8-19(21)31-13-18-7-9-20(32-18)23(28)29)10-15(12-25)22(27)26-17-5-3-16(24)4-6-17/h2-11H,13H2,1H3,(H,26,27)(H,28,29). The normalized spacial score (nSPS) is 10.8. The Kier molecular flexibility index (Phi) is 7.16. The van der Waals surface area contributed by atoms with E-state index in [1.165, 1.54) is 25.3 Å². The Balaban J connectivity index is 1.73. The van der Waals surface area contributed by atoms with Gasteiger partial charge in [-0.3, -0.25) is 4.79 Å². The van der Waals surface area contributed by atoms with Crippen LogP contribution in [0.5, 0.6) is 11.5 Å². The number of methoxy groups -OCH3 is 1. The molecule has 0 fully saturated rings. The third kappa shape index (κ3) is 5.68. The monoisotopic (exact) mass is 452 g/mol. The first-order chi connectivity index (χ1) is 15.4. The van der Waals surface area contributed by atoms with Crippen molar-refractivity contribution < 1.29 is 28.6 Å². The number of carbonyl (C=O) groups is 2. The Morgan fingerprint density at radius 2 is 1.91 bits per heavy atom. The minimum Gasteiger partial charge on any atom is -0.493 e. The zero-order valence-corrected chi connectivity index (χ0v) is 17.6. The van der Waals surface area contributed by atoms with E-state index in [0.717, 1.165) is 0 Å². The van der Waals surface area contributed by atoms with Crippen LogP contribution in [0.4, 0.5) is 5.69 Å². The molecule has 2 N–H and O–H groups in total. The van der Waals surface area contributed by atoms with Crippen LogP contribution in [-0.2, 0) is 11.4 Å². The molecule has 3 aromatic rings. The van der Waals surface area contributed by atoms with E-state index < -0.39 is 11.9 Å². The first-order valence-corrected chi connectivity index (χ1v) is 9.59. The summed E-state index contributed by atoms with van der Waals surface area (Å²) in [4.78, 5) is 23.3. The summed E-state index contributed by atoms with van der Waals surface area (Å²) in [6.07, 6.45) is 1.42. The molecule has 0 atom stereocenters. The van der Waals surface area contributed by atoms with E-state index in [1.807, 2.05) is 6.07 Å². The molecule has 2 aromatic carbocycles. The number of anilines is 1. The smallest absolute Gasteiger partial charge is 0.371 e.